The van der Waals surface area contributed by atoms with Gasteiger partial charge < -0.3 is 9.64 Å². The summed E-state index contributed by atoms with van der Waals surface area (Å²) in [5.74, 6) is -0.260. The molecule has 10 heteroatoms. The first kappa shape index (κ1) is 20.7. The Labute approximate surface area is 164 Å². The van der Waals surface area contributed by atoms with Crippen molar-refractivity contribution in [1.82, 2.24) is 9.21 Å². The van der Waals surface area contributed by atoms with Gasteiger partial charge in [-0.3, -0.25) is 14.9 Å². The Morgan fingerprint density at radius 1 is 1.18 bits per heavy atom. The first-order valence-electron chi connectivity index (χ1n) is 9.41. The van der Waals surface area contributed by atoms with Crippen LogP contribution < -0.4 is 0 Å². The Bertz CT molecular complexity index is 849. The van der Waals surface area contributed by atoms with Crippen LogP contribution in [-0.2, 0) is 19.6 Å². The Morgan fingerprint density at radius 2 is 1.82 bits per heavy atom. The summed E-state index contributed by atoms with van der Waals surface area (Å²) in [6.07, 6.45) is 1.49. The predicted octanol–water partition coefficient (Wildman–Crippen LogP) is 1.77. The molecule has 2 fully saturated rings. The molecule has 0 saturated carbocycles. The van der Waals surface area contributed by atoms with Crippen molar-refractivity contribution in [2.24, 2.45) is 0 Å². The number of nitro groups is 1. The van der Waals surface area contributed by atoms with Crippen LogP contribution in [0, 0.1) is 10.1 Å². The number of amides is 1. The summed E-state index contributed by atoms with van der Waals surface area (Å²) in [4.78, 5) is 25.1. The van der Waals surface area contributed by atoms with Crippen LogP contribution in [0.5, 0.6) is 0 Å². The number of nitrogens with zero attached hydrogens (tertiary/aromatic N) is 3. The summed E-state index contributed by atoms with van der Waals surface area (Å²) in [5, 5.41) is 11.3. The molecule has 0 unspecified atom stereocenters. The van der Waals surface area contributed by atoms with E-state index in [0.717, 1.165) is 10.7 Å². The number of rotatable bonds is 4. The molecule has 1 amide bonds. The molecule has 1 aromatic carbocycles. The summed E-state index contributed by atoms with van der Waals surface area (Å²) < 4.78 is 33.3. The van der Waals surface area contributed by atoms with Gasteiger partial charge in [0, 0.05) is 25.7 Å². The second kappa shape index (κ2) is 8.14. The number of hydrogen-bond acceptors (Lipinski definition) is 6. The van der Waals surface area contributed by atoms with Gasteiger partial charge in [0.05, 0.1) is 17.1 Å². The van der Waals surface area contributed by atoms with E-state index in [1.807, 2.05) is 13.8 Å². The summed E-state index contributed by atoms with van der Waals surface area (Å²) in [6, 6.07) is 4.41. The third kappa shape index (κ3) is 4.03. The lowest BCUT2D eigenvalue weighted by atomic mass is 10.0. The molecular weight excluding hydrogens is 386 g/mol. The average molecular weight is 411 g/mol. The molecule has 9 nitrogen and oxygen atoms in total. The van der Waals surface area contributed by atoms with Crippen molar-refractivity contribution >= 4 is 21.6 Å². The van der Waals surface area contributed by atoms with E-state index < -0.39 is 26.7 Å². The molecule has 2 aliphatic heterocycles. The molecule has 0 N–H and O–H groups in total. The van der Waals surface area contributed by atoms with Crippen molar-refractivity contribution in [3.63, 3.8) is 0 Å². The number of hydrogen-bond donors (Lipinski definition) is 0. The minimum absolute atomic E-state index is 0.128. The normalized spacial score (nSPS) is 26.8. The van der Waals surface area contributed by atoms with Crippen LogP contribution in [0.25, 0.3) is 0 Å². The van der Waals surface area contributed by atoms with E-state index in [-0.39, 0.29) is 29.6 Å². The number of morpholine rings is 1. The number of benzene rings is 1. The molecule has 0 aliphatic carbocycles. The number of sulfonamides is 1. The van der Waals surface area contributed by atoms with Gasteiger partial charge in [-0.15, -0.1) is 0 Å². The van der Waals surface area contributed by atoms with Crippen molar-refractivity contribution in [3.05, 3.63) is 34.4 Å². The van der Waals surface area contributed by atoms with E-state index in [1.54, 1.807) is 4.90 Å². The van der Waals surface area contributed by atoms with Gasteiger partial charge >= 0.3 is 0 Å². The predicted molar refractivity (Wildman–Crippen MR) is 101 cm³/mol. The Morgan fingerprint density at radius 3 is 2.46 bits per heavy atom. The second-order valence-electron chi connectivity index (χ2n) is 7.35. The van der Waals surface area contributed by atoms with E-state index in [4.69, 9.17) is 4.74 Å². The smallest absolute Gasteiger partial charge is 0.289 e. The zero-order valence-electron chi connectivity index (χ0n) is 16.0. The minimum Gasteiger partial charge on any atom is -0.372 e. The fourth-order valence-corrected chi connectivity index (χ4v) is 5.77. The molecule has 28 heavy (non-hydrogen) atoms. The largest absolute Gasteiger partial charge is 0.372 e. The van der Waals surface area contributed by atoms with E-state index in [9.17, 15) is 23.3 Å². The maximum absolute atomic E-state index is 13.3. The Kier molecular flexibility index (Phi) is 6.01. The van der Waals surface area contributed by atoms with Crippen LogP contribution in [0.15, 0.2) is 29.2 Å². The second-order valence-corrected chi connectivity index (χ2v) is 9.21. The first-order valence-corrected chi connectivity index (χ1v) is 10.9. The lowest BCUT2D eigenvalue weighted by Gasteiger charge is -2.40. The lowest BCUT2D eigenvalue weighted by Crippen LogP contribution is -2.57. The molecule has 0 spiro atoms. The average Bonchev–Trinajstić information content (AvgIpc) is 2.66. The summed E-state index contributed by atoms with van der Waals surface area (Å²) in [7, 11) is -4.18. The molecular formula is C18H25N3O6S. The molecule has 154 valence electrons. The molecule has 1 aromatic rings. The van der Waals surface area contributed by atoms with Gasteiger partial charge in [-0.1, -0.05) is 18.6 Å². The van der Waals surface area contributed by atoms with Crippen molar-refractivity contribution in [2.45, 2.75) is 56.3 Å². The highest BCUT2D eigenvalue weighted by molar-refractivity contribution is 7.89. The Balaban J connectivity index is 1.93. The Hall–Kier alpha value is -2.04. The highest BCUT2D eigenvalue weighted by Gasteiger charge is 2.42. The number of ether oxygens (including phenoxy) is 1. The quantitative estimate of drug-likeness (QED) is 0.552. The van der Waals surface area contributed by atoms with Crippen molar-refractivity contribution < 1.29 is 22.9 Å². The molecule has 2 saturated heterocycles. The van der Waals surface area contributed by atoms with Crippen LogP contribution in [0.1, 0.15) is 33.1 Å². The lowest BCUT2D eigenvalue weighted by molar-refractivity contribution is -0.387. The molecule has 0 radical (unpaired) electrons. The summed E-state index contributed by atoms with van der Waals surface area (Å²) in [5.41, 5.74) is -0.479. The van der Waals surface area contributed by atoms with Gasteiger partial charge in [0.25, 0.3) is 15.7 Å². The van der Waals surface area contributed by atoms with Gasteiger partial charge in [-0.25, -0.2) is 8.42 Å². The van der Waals surface area contributed by atoms with Crippen LogP contribution in [-0.4, -0.2) is 66.3 Å². The SMILES string of the molecule is C[C@@H]1CN(C(=O)[C@H]2CCCCN2S(=O)(=O)c2ccccc2[N+](=O)[O-])C[C@H](C)O1. The third-order valence-electron chi connectivity index (χ3n) is 5.12. The molecule has 0 aromatic heterocycles. The fraction of sp³-hybridized carbons (Fsp3) is 0.611. The van der Waals surface area contributed by atoms with Crippen LogP contribution in [0.4, 0.5) is 5.69 Å². The maximum atomic E-state index is 13.3. The number of nitro benzene ring substituents is 1. The van der Waals surface area contributed by atoms with Gasteiger partial charge in [-0.2, -0.15) is 4.31 Å². The fourth-order valence-electron chi connectivity index (χ4n) is 3.96. The van der Waals surface area contributed by atoms with Crippen molar-refractivity contribution in [3.8, 4) is 0 Å². The van der Waals surface area contributed by atoms with E-state index in [1.165, 1.54) is 24.3 Å². The van der Waals surface area contributed by atoms with Gasteiger partial charge in [0.2, 0.25) is 5.91 Å². The minimum atomic E-state index is -4.18. The molecule has 0 bridgehead atoms. The van der Waals surface area contributed by atoms with E-state index >= 15 is 0 Å². The summed E-state index contributed by atoms with van der Waals surface area (Å²) in [6.45, 7) is 4.72. The molecule has 2 aliphatic rings. The maximum Gasteiger partial charge on any atom is 0.289 e. The van der Waals surface area contributed by atoms with Gasteiger partial charge in [0.15, 0.2) is 4.90 Å². The highest BCUT2D eigenvalue weighted by Crippen LogP contribution is 2.31. The topological polar surface area (TPSA) is 110 Å². The van der Waals surface area contributed by atoms with Crippen LogP contribution in [0.2, 0.25) is 0 Å². The number of carbonyl (C=O) groups excluding carboxylic acids is 1. The monoisotopic (exact) mass is 411 g/mol. The zero-order chi connectivity index (χ0) is 20.5. The summed E-state index contributed by atoms with van der Waals surface area (Å²) >= 11 is 0. The van der Waals surface area contributed by atoms with Crippen molar-refractivity contribution in [2.75, 3.05) is 19.6 Å². The van der Waals surface area contributed by atoms with Crippen LogP contribution in [0.3, 0.4) is 0 Å². The standard InChI is InChI=1S/C18H25N3O6S/c1-13-11-19(12-14(2)27-13)18(22)16-8-5-6-10-20(16)28(25,26)17-9-4-3-7-15(17)21(23)24/h3-4,7,9,13-14,16H,5-6,8,10-12H2,1-2H3/t13-,14+,16-/m1/s1. The number of piperidine rings is 1. The zero-order valence-corrected chi connectivity index (χ0v) is 16.8. The number of para-hydroxylation sites is 1. The third-order valence-corrected chi connectivity index (χ3v) is 7.07. The van der Waals surface area contributed by atoms with E-state index in [2.05, 4.69) is 0 Å². The molecule has 3 rings (SSSR count). The highest BCUT2D eigenvalue weighted by atomic mass is 32.2. The number of carbonyl (C=O) groups is 1. The van der Waals surface area contributed by atoms with Crippen LogP contribution >= 0.6 is 0 Å². The van der Waals surface area contributed by atoms with Gasteiger partial charge in [-0.05, 0) is 32.8 Å². The molecule has 3 atom stereocenters. The molecule has 2 heterocycles. The first-order chi connectivity index (χ1) is 13.2. The van der Waals surface area contributed by atoms with Gasteiger partial charge in [0.1, 0.15) is 6.04 Å². The van der Waals surface area contributed by atoms with E-state index in [0.29, 0.717) is 25.9 Å². The van der Waals surface area contributed by atoms with Crippen molar-refractivity contribution in [1.29, 1.82) is 0 Å².